The van der Waals surface area contributed by atoms with E-state index in [2.05, 4.69) is 120 Å². The van der Waals surface area contributed by atoms with Crippen LogP contribution >= 0.6 is 23.7 Å². The van der Waals surface area contributed by atoms with Gasteiger partial charge in [0.1, 0.15) is 0 Å². The van der Waals surface area contributed by atoms with E-state index < -0.39 is 0 Å². The first-order valence-corrected chi connectivity index (χ1v) is 11.6. The van der Waals surface area contributed by atoms with Gasteiger partial charge < -0.3 is 0 Å². The lowest BCUT2D eigenvalue weighted by Gasteiger charge is -2.26. The van der Waals surface area contributed by atoms with Crippen molar-refractivity contribution in [3.63, 3.8) is 0 Å². The standard InChI is InChI=1S/C26H23NS2/c1-4-12-22(13-5-1)20-28-26-19-11-10-18-25(26)27(24-16-8-3-9-17-24)29-21-23-14-6-2-7-15-23/h1-19H,20-21H2. The van der Waals surface area contributed by atoms with Gasteiger partial charge >= 0.3 is 0 Å². The average molecular weight is 414 g/mol. The van der Waals surface area contributed by atoms with E-state index in [0.717, 1.165) is 11.5 Å². The molecule has 0 N–H and O–H groups in total. The molecule has 4 rings (SSSR count). The highest BCUT2D eigenvalue weighted by Gasteiger charge is 2.15. The molecule has 4 aromatic rings. The molecule has 0 unspecified atom stereocenters. The van der Waals surface area contributed by atoms with Crippen molar-refractivity contribution in [2.45, 2.75) is 16.4 Å². The molecule has 0 radical (unpaired) electrons. The van der Waals surface area contributed by atoms with Crippen molar-refractivity contribution < 1.29 is 0 Å². The second kappa shape index (κ2) is 10.2. The minimum absolute atomic E-state index is 0.924. The summed E-state index contributed by atoms with van der Waals surface area (Å²) < 4.78 is 2.36. The van der Waals surface area contributed by atoms with Gasteiger partial charge in [0, 0.05) is 16.4 Å². The summed E-state index contributed by atoms with van der Waals surface area (Å²) in [4.78, 5) is 1.29. The summed E-state index contributed by atoms with van der Waals surface area (Å²) in [7, 11) is 0. The largest absolute Gasteiger partial charge is 0.283 e. The number of benzene rings is 4. The van der Waals surface area contributed by atoms with E-state index >= 15 is 0 Å². The lowest BCUT2D eigenvalue weighted by atomic mass is 10.2. The minimum atomic E-state index is 0.924. The van der Waals surface area contributed by atoms with Crippen LogP contribution in [0.2, 0.25) is 0 Å². The number of rotatable bonds is 8. The van der Waals surface area contributed by atoms with E-state index in [1.807, 2.05) is 23.7 Å². The molecule has 0 saturated carbocycles. The molecule has 0 fully saturated rings. The van der Waals surface area contributed by atoms with Crippen LogP contribution in [0.15, 0.2) is 120 Å². The van der Waals surface area contributed by atoms with Crippen LogP contribution in [-0.2, 0) is 11.5 Å². The van der Waals surface area contributed by atoms with Gasteiger partial charge in [-0.25, -0.2) is 0 Å². The van der Waals surface area contributed by atoms with Crippen molar-refractivity contribution in [2.24, 2.45) is 0 Å². The Bertz CT molecular complexity index is 1000. The first kappa shape index (κ1) is 19.7. The van der Waals surface area contributed by atoms with Crippen LogP contribution in [-0.4, -0.2) is 0 Å². The zero-order chi connectivity index (χ0) is 19.7. The fourth-order valence-electron chi connectivity index (χ4n) is 3.04. The van der Waals surface area contributed by atoms with Crippen molar-refractivity contribution in [3.8, 4) is 0 Å². The van der Waals surface area contributed by atoms with Gasteiger partial charge in [0.25, 0.3) is 0 Å². The average Bonchev–Trinajstić information content (AvgIpc) is 2.81. The molecule has 0 saturated heterocycles. The summed E-state index contributed by atoms with van der Waals surface area (Å²) in [5.74, 6) is 1.89. The number of hydrogen-bond donors (Lipinski definition) is 0. The molecular weight excluding hydrogens is 390 g/mol. The molecule has 0 aliphatic carbocycles. The fraction of sp³-hybridized carbons (Fsp3) is 0.0769. The molecule has 0 aliphatic rings. The Morgan fingerprint density at radius 2 is 1.03 bits per heavy atom. The Balaban J connectivity index is 1.60. The quantitative estimate of drug-likeness (QED) is 0.213. The number of para-hydroxylation sites is 2. The molecule has 0 heterocycles. The van der Waals surface area contributed by atoms with E-state index in [1.54, 1.807) is 0 Å². The van der Waals surface area contributed by atoms with Crippen molar-refractivity contribution in [1.29, 1.82) is 0 Å². The first-order valence-electron chi connectivity index (χ1n) is 9.68. The summed E-state index contributed by atoms with van der Waals surface area (Å²) in [6.45, 7) is 0. The summed E-state index contributed by atoms with van der Waals surface area (Å²) >= 11 is 3.73. The number of nitrogens with zero attached hydrogens (tertiary/aromatic N) is 1. The Morgan fingerprint density at radius 3 is 1.69 bits per heavy atom. The second-order valence-corrected chi connectivity index (χ2v) is 8.56. The zero-order valence-electron chi connectivity index (χ0n) is 16.1. The van der Waals surface area contributed by atoms with E-state index in [9.17, 15) is 0 Å². The van der Waals surface area contributed by atoms with Gasteiger partial charge in [0.15, 0.2) is 0 Å². The lowest BCUT2D eigenvalue weighted by Crippen LogP contribution is -2.08. The van der Waals surface area contributed by atoms with Crippen molar-refractivity contribution in [2.75, 3.05) is 4.31 Å². The summed E-state index contributed by atoms with van der Waals surface area (Å²) in [6.07, 6.45) is 0. The summed E-state index contributed by atoms with van der Waals surface area (Å²) in [5.41, 5.74) is 5.10. The summed E-state index contributed by atoms with van der Waals surface area (Å²) in [5, 5.41) is 0. The van der Waals surface area contributed by atoms with Gasteiger partial charge in [-0.05, 0) is 47.3 Å². The number of hydrogen-bond acceptors (Lipinski definition) is 3. The molecule has 0 aliphatic heterocycles. The third kappa shape index (κ3) is 5.47. The van der Waals surface area contributed by atoms with Gasteiger partial charge in [0.2, 0.25) is 0 Å². The van der Waals surface area contributed by atoms with Gasteiger partial charge in [0.05, 0.1) is 11.4 Å². The molecule has 1 nitrogen and oxygen atoms in total. The second-order valence-electron chi connectivity index (χ2n) is 6.63. The van der Waals surface area contributed by atoms with E-state index in [1.165, 1.54) is 27.4 Å². The Morgan fingerprint density at radius 1 is 0.517 bits per heavy atom. The molecule has 4 aromatic carbocycles. The third-order valence-corrected chi connectivity index (χ3v) is 6.78. The Hall–Kier alpha value is -2.62. The maximum Gasteiger partial charge on any atom is 0.0661 e. The van der Waals surface area contributed by atoms with Gasteiger partial charge in [-0.15, -0.1) is 11.8 Å². The van der Waals surface area contributed by atoms with Gasteiger partial charge in [-0.1, -0.05) is 91.0 Å². The number of anilines is 2. The Kier molecular flexibility index (Phi) is 6.95. The van der Waals surface area contributed by atoms with E-state index in [4.69, 9.17) is 0 Å². The smallest absolute Gasteiger partial charge is 0.0661 e. The highest BCUT2D eigenvalue weighted by atomic mass is 32.2. The third-order valence-electron chi connectivity index (χ3n) is 4.52. The minimum Gasteiger partial charge on any atom is -0.283 e. The molecule has 144 valence electrons. The van der Waals surface area contributed by atoms with E-state index in [0.29, 0.717) is 0 Å². The Labute approximate surface area is 181 Å². The maximum absolute atomic E-state index is 2.36. The van der Waals surface area contributed by atoms with Crippen molar-refractivity contribution in [1.82, 2.24) is 0 Å². The van der Waals surface area contributed by atoms with Crippen molar-refractivity contribution in [3.05, 3.63) is 126 Å². The maximum atomic E-state index is 2.36. The zero-order valence-corrected chi connectivity index (χ0v) is 17.8. The normalized spacial score (nSPS) is 10.6. The molecule has 0 aromatic heterocycles. The van der Waals surface area contributed by atoms with Crippen LogP contribution in [0, 0.1) is 0 Å². The van der Waals surface area contributed by atoms with E-state index in [-0.39, 0.29) is 0 Å². The lowest BCUT2D eigenvalue weighted by molar-refractivity contribution is 1.30. The molecule has 0 spiro atoms. The fourth-order valence-corrected chi connectivity index (χ4v) is 5.14. The van der Waals surface area contributed by atoms with Gasteiger partial charge in [-0.2, -0.15) is 0 Å². The van der Waals surface area contributed by atoms with Crippen LogP contribution in [0.3, 0.4) is 0 Å². The molecule has 3 heteroatoms. The van der Waals surface area contributed by atoms with Crippen LogP contribution in [0.4, 0.5) is 11.4 Å². The molecule has 0 bridgehead atoms. The SMILES string of the molecule is c1ccc(CSc2ccccc2N(SCc2ccccc2)c2ccccc2)cc1. The molecule has 29 heavy (non-hydrogen) atoms. The summed E-state index contributed by atoms with van der Waals surface area (Å²) in [6, 6.07) is 40.6. The van der Waals surface area contributed by atoms with Crippen molar-refractivity contribution >= 4 is 35.1 Å². The first-order chi connectivity index (χ1) is 14.4. The molecule has 0 atom stereocenters. The predicted molar refractivity (Wildman–Crippen MR) is 129 cm³/mol. The molecular formula is C26H23NS2. The van der Waals surface area contributed by atoms with Crippen LogP contribution in [0.25, 0.3) is 0 Å². The topological polar surface area (TPSA) is 3.24 Å². The number of thioether (sulfide) groups is 1. The molecule has 0 amide bonds. The highest BCUT2D eigenvalue weighted by Crippen LogP contribution is 2.40. The van der Waals surface area contributed by atoms with Crippen LogP contribution in [0.5, 0.6) is 0 Å². The van der Waals surface area contributed by atoms with Gasteiger partial charge in [-0.3, -0.25) is 4.31 Å². The van der Waals surface area contributed by atoms with Crippen LogP contribution < -0.4 is 4.31 Å². The monoisotopic (exact) mass is 413 g/mol. The predicted octanol–water partition coefficient (Wildman–Crippen LogP) is 7.97. The highest BCUT2D eigenvalue weighted by molar-refractivity contribution is 8.00. The van der Waals surface area contributed by atoms with Crippen LogP contribution in [0.1, 0.15) is 11.1 Å².